The first-order valence-electron chi connectivity index (χ1n) is 8.23. The number of nitrogens with zero attached hydrogens (tertiary/aromatic N) is 2. The smallest absolute Gasteiger partial charge is 0.230 e. The first kappa shape index (κ1) is 16.1. The minimum atomic E-state index is 0.0607. The summed E-state index contributed by atoms with van der Waals surface area (Å²) in [7, 11) is 0. The summed E-state index contributed by atoms with van der Waals surface area (Å²) in [6.45, 7) is 3.96. The zero-order valence-electron chi connectivity index (χ0n) is 13.7. The maximum atomic E-state index is 11.9. The van der Waals surface area contributed by atoms with Crippen LogP contribution in [0.15, 0.2) is 35.5 Å². The molecule has 1 aliphatic rings. The Bertz CT molecular complexity index is 679. The molecule has 1 aromatic carbocycles. The molecule has 0 aliphatic heterocycles. The van der Waals surface area contributed by atoms with E-state index in [0.717, 1.165) is 23.7 Å². The molecule has 0 atom stereocenters. The van der Waals surface area contributed by atoms with Gasteiger partial charge in [-0.05, 0) is 51.7 Å². The monoisotopic (exact) mass is 329 g/mol. The van der Waals surface area contributed by atoms with Gasteiger partial charge in [0.1, 0.15) is 0 Å². The molecule has 1 amide bonds. The Kier molecular flexibility index (Phi) is 5.06. The van der Waals surface area contributed by atoms with Crippen molar-refractivity contribution in [3.8, 4) is 5.69 Å². The van der Waals surface area contributed by atoms with Crippen molar-refractivity contribution in [2.75, 3.05) is 5.75 Å². The fourth-order valence-corrected chi connectivity index (χ4v) is 3.81. The van der Waals surface area contributed by atoms with Gasteiger partial charge in [0.15, 0.2) is 5.16 Å². The van der Waals surface area contributed by atoms with Gasteiger partial charge in [0, 0.05) is 17.4 Å². The number of carbonyl (C=O) groups is 1. The van der Waals surface area contributed by atoms with Crippen molar-refractivity contribution in [1.82, 2.24) is 14.9 Å². The molecule has 0 bridgehead atoms. The van der Waals surface area contributed by atoms with Crippen LogP contribution in [0.25, 0.3) is 5.69 Å². The van der Waals surface area contributed by atoms with E-state index in [4.69, 9.17) is 4.98 Å². The normalized spacial score (nSPS) is 13.9. The van der Waals surface area contributed by atoms with Crippen molar-refractivity contribution in [1.29, 1.82) is 0 Å². The minimum absolute atomic E-state index is 0.0607. The Morgan fingerprint density at radius 1 is 1.26 bits per heavy atom. The summed E-state index contributed by atoms with van der Waals surface area (Å²) in [6.07, 6.45) is 4.52. The summed E-state index contributed by atoms with van der Waals surface area (Å²) >= 11 is 1.53. The van der Waals surface area contributed by atoms with Gasteiger partial charge in [-0.3, -0.25) is 9.36 Å². The van der Waals surface area contributed by atoms with Crippen LogP contribution in [0.2, 0.25) is 0 Å². The van der Waals surface area contributed by atoms with Crippen molar-refractivity contribution in [2.45, 2.75) is 50.7 Å². The van der Waals surface area contributed by atoms with Crippen molar-refractivity contribution < 1.29 is 4.79 Å². The standard InChI is InChI=1S/C18H23N3OS/c1-13(2)19-17(22)12-23-18-20-15-10-6-7-11-16(15)21(18)14-8-4-3-5-9-14/h3-5,8-9,13H,6-7,10-12H2,1-2H3,(H,19,22). The maximum Gasteiger partial charge on any atom is 0.230 e. The number of fused-ring (bicyclic) bond motifs is 1. The third-order valence-corrected chi connectivity index (χ3v) is 4.84. The van der Waals surface area contributed by atoms with E-state index in [2.05, 4.69) is 22.0 Å². The first-order chi connectivity index (χ1) is 11.1. The number of benzene rings is 1. The lowest BCUT2D eigenvalue weighted by Crippen LogP contribution is -2.31. The molecule has 0 saturated heterocycles. The van der Waals surface area contributed by atoms with Crippen LogP contribution in [-0.2, 0) is 17.6 Å². The second-order valence-electron chi connectivity index (χ2n) is 6.18. The van der Waals surface area contributed by atoms with E-state index in [-0.39, 0.29) is 11.9 Å². The van der Waals surface area contributed by atoms with Crippen LogP contribution in [0.3, 0.4) is 0 Å². The summed E-state index contributed by atoms with van der Waals surface area (Å²) in [5, 5.41) is 3.87. The number of rotatable bonds is 5. The SMILES string of the molecule is CC(C)NC(=O)CSc1nc2c(n1-c1ccccc1)CCCC2. The molecule has 2 aromatic rings. The number of hydrogen-bond donors (Lipinski definition) is 1. The van der Waals surface area contributed by atoms with Gasteiger partial charge in [-0.1, -0.05) is 30.0 Å². The Morgan fingerprint density at radius 3 is 2.74 bits per heavy atom. The van der Waals surface area contributed by atoms with Gasteiger partial charge in [-0.2, -0.15) is 0 Å². The average molecular weight is 329 g/mol. The van der Waals surface area contributed by atoms with Crippen molar-refractivity contribution in [3.05, 3.63) is 41.7 Å². The van der Waals surface area contributed by atoms with Gasteiger partial charge < -0.3 is 5.32 Å². The molecule has 0 spiro atoms. The molecule has 0 unspecified atom stereocenters. The van der Waals surface area contributed by atoms with Crippen molar-refractivity contribution >= 4 is 17.7 Å². The van der Waals surface area contributed by atoms with Gasteiger partial charge in [0.2, 0.25) is 5.91 Å². The van der Waals surface area contributed by atoms with Crippen LogP contribution >= 0.6 is 11.8 Å². The zero-order valence-corrected chi connectivity index (χ0v) is 14.5. The lowest BCUT2D eigenvalue weighted by Gasteiger charge is -2.15. The number of hydrogen-bond acceptors (Lipinski definition) is 3. The number of aryl methyl sites for hydroxylation is 1. The van der Waals surface area contributed by atoms with E-state index in [1.165, 1.54) is 36.0 Å². The van der Waals surface area contributed by atoms with E-state index < -0.39 is 0 Å². The van der Waals surface area contributed by atoms with Crippen LogP contribution in [0.1, 0.15) is 38.1 Å². The highest BCUT2D eigenvalue weighted by Crippen LogP contribution is 2.30. The number of imidazole rings is 1. The minimum Gasteiger partial charge on any atom is -0.353 e. The Balaban J connectivity index is 1.87. The first-order valence-corrected chi connectivity index (χ1v) is 9.22. The number of nitrogens with one attached hydrogen (secondary N) is 1. The predicted molar refractivity (Wildman–Crippen MR) is 94.2 cm³/mol. The fraction of sp³-hybridized carbons (Fsp3) is 0.444. The number of thioether (sulfide) groups is 1. The third kappa shape index (κ3) is 3.78. The molecule has 4 nitrogen and oxygen atoms in total. The molecule has 5 heteroatoms. The Labute approximate surface area is 141 Å². The second-order valence-corrected chi connectivity index (χ2v) is 7.12. The number of para-hydroxylation sites is 1. The Morgan fingerprint density at radius 2 is 2.00 bits per heavy atom. The third-order valence-electron chi connectivity index (χ3n) is 3.90. The number of aromatic nitrogens is 2. The highest BCUT2D eigenvalue weighted by Gasteiger charge is 2.21. The van der Waals surface area contributed by atoms with Gasteiger partial charge >= 0.3 is 0 Å². The highest BCUT2D eigenvalue weighted by molar-refractivity contribution is 7.99. The molecule has 0 fully saturated rings. The van der Waals surface area contributed by atoms with E-state index in [0.29, 0.717) is 5.75 Å². The summed E-state index contributed by atoms with van der Waals surface area (Å²) in [5.74, 6) is 0.464. The van der Waals surface area contributed by atoms with Crippen LogP contribution in [0, 0.1) is 0 Å². The van der Waals surface area contributed by atoms with Crippen molar-refractivity contribution in [3.63, 3.8) is 0 Å². The molecule has 1 N–H and O–H groups in total. The largest absolute Gasteiger partial charge is 0.353 e. The molecule has 122 valence electrons. The van der Waals surface area contributed by atoms with E-state index in [9.17, 15) is 4.79 Å². The van der Waals surface area contributed by atoms with E-state index in [1.807, 2.05) is 32.0 Å². The van der Waals surface area contributed by atoms with Crippen LogP contribution in [0.4, 0.5) is 0 Å². The van der Waals surface area contributed by atoms with Gasteiger partial charge in [0.25, 0.3) is 0 Å². The van der Waals surface area contributed by atoms with Crippen LogP contribution in [0.5, 0.6) is 0 Å². The lowest BCUT2D eigenvalue weighted by molar-refractivity contribution is -0.119. The van der Waals surface area contributed by atoms with Crippen molar-refractivity contribution in [2.24, 2.45) is 0 Å². The topological polar surface area (TPSA) is 46.9 Å². The van der Waals surface area contributed by atoms with E-state index >= 15 is 0 Å². The fourth-order valence-electron chi connectivity index (χ4n) is 2.95. The second kappa shape index (κ2) is 7.21. The van der Waals surface area contributed by atoms with Gasteiger partial charge in [-0.15, -0.1) is 0 Å². The molecule has 0 saturated carbocycles. The predicted octanol–water partition coefficient (Wildman–Crippen LogP) is 3.37. The number of amides is 1. The molecule has 1 aromatic heterocycles. The molecule has 0 radical (unpaired) electrons. The maximum absolute atomic E-state index is 11.9. The molecule has 3 rings (SSSR count). The van der Waals surface area contributed by atoms with Gasteiger partial charge in [0.05, 0.1) is 11.4 Å². The summed E-state index contributed by atoms with van der Waals surface area (Å²) < 4.78 is 2.24. The quantitative estimate of drug-likeness (QED) is 0.856. The summed E-state index contributed by atoms with van der Waals surface area (Å²) in [5.41, 5.74) is 3.65. The molecule has 1 heterocycles. The lowest BCUT2D eigenvalue weighted by atomic mass is 10.0. The number of carbonyl (C=O) groups excluding carboxylic acids is 1. The summed E-state index contributed by atoms with van der Waals surface area (Å²) in [4.78, 5) is 16.8. The van der Waals surface area contributed by atoms with Crippen LogP contribution < -0.4 is 5.32 Å². The molecule has 1 aliphatic carbocycles. The highest BCUT2D eigenvalue weighted by atomic mass is 32.2. The summed E-state index contributed by atoms with van der Waals surface area (Å²) in [6, 6.07) is 10.5. The zero-order chi connectivity index (χ0) is 16.2. The molecular weight excluding hydrogens is 306 g/mol. The van der Waals surface area contributed by atoms with Gasteiger partial charge in [-0.25, -0.2) is 4.98 Å². The Hall–Kier alpha value is -1.75. The van der Waals surface area contributed by atoms with E-state index in [1.54, 1.807) is 0 Å². The van der Waals surface area contributed by atoms with Crippen LogP contribution in [-0.4, -0.2) is 27.3 Å². The molecular formula is C18H23N3OS. The molecule has 23 heavy (non-hydrogen) atoms. The average Bonchev–Trinajstić information content (AvgIpc) is 2.91.